The van der Waals surface area contributed by atoms with E-state index in [1.165, 1.54) is 12.8 Å². The molecule has 29 heavy (non-hydrogen) atoms. The Kier molecular flexibility index (Phi) is 7.81. The highest BCUT2D eigenvalue weighted by Crippen LogP contribution is 2.42. The second-order valence-corrected chi connectivity index (χ2v) is 21.0. The third-order valence-corrected chi connectivity index (χ3v) is 8.76. The molecule has 0 radical (unpaired) electrons. The number of fused-ring (bicyclic) bond motifs is 1. The van der Waals surface area contributed by atoms with Crippen LogP contribution in [0.3, 0.4) is 0 Å². The fourth-order valence-electron chi connectivity index (χ4n) is 4.30. The van der Waals surface area contributed by atoms with E-state index < -0.39 is 16.6 Å². The topological polar surface area (TPSA) is 58.6 Å². The summed E-state index contributed by atoms with van der Waals surface area (Å²) in [6.07, 6.45) is 2.47. The van der Waals surface area contributed by atoms with Crippen LogP contribution in [0, 0.1) is 0 Å². The van der Waals surface area contributed by atoms with E-state index in [0.29, 0.717) is 5.70 Å². The second-order valence-electron chi connectivity index (χ2n) is 10.7. The monoisotopic (exact) mass is 569 g/mol. The van der Waals surface area contributed by atoms with Crippen LogP contribution in [-0.4, -0.2) is 81.7 Å². The lowest BCUT2D eigenvalue weighted by molar-refractivity contribution is -0.893. The molecule has 0 unspecified atom stereocenters. The Morgan fingerprint density at radius 2 is 1.79 bits per heavy atom. The van der Waals surface area contributed by atoms with Gasteiger partial charge in [-0.25, -0.2) is 4.79 Å². The summed E-state index contributed by atoms with van der Waals surface area (Å²) < 4.78 is 6.82. The van der Waals surface area contributed by atoms with Crippen molar-refractivity contribution in [2.75, 3.05) is 32.4 Å². The van der Waals surface area contributed by atoms with Crippen molar-refractivity contribution < 1.29 is 42.5 Å². The van der Waals surface area contributed by atoms with Gasteiger partial charge in [-0.3, -0.25) is 9.69 Å². The SMILES string of the molecule is C[N+]1(CC2=C(C(=O)O[Si](C)(C)C)N3C(=O)[C@@H](N[Si](C)(C)C)[C@H]3SC2)CCCC1.[I-]. The van der Waals surface area contributed by atoms with E-state index in [0.717, 1.165) is 35.4 Å². The Labute approximate surface area is 199 Å². The van der Waals surface area contributed by atoms with Gasteiger partial charge in [-0.05, 0) is 19.6 Å². The molecule has 6 nitrogen and oxygen atoms in total. The van der Waals surface area contributed by atoms with E-state index in [2.05, 4.69) is 31.7 Å². The standard InChI is InChI=1S/C19H36N3O3SSi2.HI/c1-22(10-8-9-11-22)12-14-13-26-18-15(20-27(2,3)4)17(23)21(18)16(14)19(24)25-28(5,6)7;/h15,18,20H,8-13H2,1-7H3;1H/q+1;/p-1/t15-,18-;/m1./s1. The van der Waals surface area contributed by atoms with Crippen LogP contribution >= 0.6 is 11.8 Å². The zero-order valence-electron chi connectivity index (χ0n) is 18.8. The lowest BCUT2D eigenvalue weighted by Crippen LogP contribution is -3.00. The van der Waals surface area contributed by atoms with E-state index in [1.807, 2.05) is 19.6 Å². The third kappa shape index (κ3) is 5.88. The van der Waals surface area contributed by atoms with Crippen molar-refractivity contribution >= 4 is 40.2 Å². The van der Waals surface area contributed by atoms with Gasteiger partial charge in [0, 0.05) is 24.2 Å². The predicted molar refractivity (Wildman–Crippen MR) is 120 cm³/mol. The van der Waals surface area contributed by atoms with Gasteiger partial charge < -0.3 is 37.9 Å². The first kappa shape index (κ1) is 25.4. The Balaban J connectivity index is 0.00000300. The van der Waals surface area contributed by atoms with E-state index in [9.17, 15) is 9.59 Å². The molecule has 2 atom stereocenters. The summed E-state index contributed by atoms with van der Waals surface area (Å²) in [5.41, 5.74) is 1.64. The number of thioether (sulfide) groups is 1. The highest BCUT2D eigenvalue weighted by Gasteiger charge is 2.55. The summed E-state index contributed by atoms with van der Waals surface area (Å²) in [4.78, 5) is 31.5. The summed E-state index contributed by atoms with van der Waals surface area (Å²) in [6.45, 7) is 15.8. The third-order valence-electron chi connectivity index (χ3n) is 5.45. The van der Waals surface area contributed by atoms with Crippen LogP contribution < -0.4 is 29.0 Å². The normalized spacial score (nSPS) is 26.6. The summed E-state index contributed by atoms with van der Waals surface area (Å²) in [5, 5.41) is 0.0102. The van der Waals surface area contributed by atoms with Crippen LogP contribution in [0.1, 0.15) is 12.8 Å². The molecule has 0 aromatic heterocycles. The highest BCUT2D eigenvalue weighted by atomic mass is 127. The molecule has 3 aliphatic heterocycles. The molecule has 2 fully saturated rings. The van der Waals surface area contributed by atoms with Crippen LogP contribution in [0.25, 0.3) is 0 Å². The van der Waals surface area contributed by atoms with Crippen molar-refractivity contribution in [2.45, 2.75) is 63.5 Å². The van der Waals surface area contributed by atoms with Crippen molar-refractivity contribution in [3.63, 3.8) is 0 Å². The molecule has 3 aliphatic rings. The summed E-state index contributed by atoms with van der Waals surface area (Å²) in [5.74, 6) is 0.552. The average Bonchev–Trinajstić information content (AvgIpc) is 2.96. The van der Waals surface area contributed by atoms with Gasteiger partial charge in [-0.2, -0.15) is 0 Å². The first-order valence-electron chi connectivity index (χ1n) is 10.3. The lowest BCUT2D eigenvalue weighted by atomic mass is 10.0. The number of rotatable bonds is 6. The number of carbonyl (C=O) groups is 2. The lowest BCUT2D eigenvalue weighted by Gasteiger charge is -2.52. The molecule has 0 bridgehead atoms. The summed E-state index contributed by atoms with van der Waals surface area (Å²) in [6, 6.07) is -0.176. The summed E-state index contributed by atoms with van der Waals surface area (Å²) in [7, 11) is -1.37. The molecule has 1 amide bonds. The number of likely N-dealkylation sites (N-methyl/N-ethyl adjacent to an activating group) is 1. The number of hydrogen-bond acceptors (Lipinski definition) is 5. The molecule has 0 spiro atoms. The van der Waals surface area contributed by atoms with Crippen LogP contribution in [0.4, 0.5) is 0 Å². The summed E-state index contributed by atoms with van der Waals surface area (Å²) >= 11 is 1.80. The maximum absolute atomic E-state index is 13.2. The van der Waals surface area contributed by atoms with Gasteiger partial charge in [0.15, 0.2) is 0 Å². The van der Waals surface area contributed by atoms with E-state index in [4.69, 9.17) is 4.43 Å². The number of quaternary nitrogens is 1. The molecule has 2 saturated heterocycles. The van der Waals surface area contributed by atoms with Gasteiger partial charge in [0.05, 0.1) is 20.1 Å². The molecular weight excluding hydrogens is 533 g/mol. The Hall–Kier alpha value is 0.114. The number of halogens is 1. The number of β-lactam (4-membered cyclic amide) rings is 1. The molecule has 0 aromatic carbocycles. The smallest absolute Gasteiger partial charge is 0.341 e. The van der Waals surface area contributed by atoms with Gasteiger partial charge in [0.2, 0.25) is 14.2 Å². The molecule has 3 heterocycles. The van der Waals surface area contributed by atoms with Gasteiger partial charge in [-0.15, -0.1) is 11.8 Å². The first-order chi connectivity index (χ1) is 12.8. The van der Waals surface area contributed by atoms with Crippen LogP contribution in [0.5, 0.6) is 0 Å². The highest BCUT2D eigenvalue weighted by molar-refractivity contribution is 8.00. The quantitative estimate of drug-likeness (QED) is 0.204. The molecule has 0 saturated carbocycles. The fourth-order valence-corrected chi connectivity index (χ4v) is 7.63. The zero-order chi connectivity index (χ0) is 20.9. The average molecular weight is 570 g/mol. The van der Waals surface area contributed by atoms with Crippen molar-refractivity contribution in [2.24, 2.45) is 0 Å². The number of likely N-dealkylation sites (tertiary alicyclic amines) is 1. The second kappa shape index (κ2) is 8.93. The minimum absolute atomic E-state index is 0. The maximum atomic E-state index is 13.2. The Bertz CT molecular complexity index is 700. The minimum atomic E-state index is -2.04. The van der Waals surface area contributed by atoms with Gasteiger partial charge >= 0.3 is 5.97 Å². The van der Waals surface area contributed by atoms with Crippen LogP contribution in [-0.2, 0) is 14.0 Å². The van der Waals surface area contributed by atoms with Gasteiger partial charge in [-0.1, -0.05) is 19.6 Å². The van der Waals surface area contributed by atoms with Crippen molar-refractivity contribution in [3.8, 4) is 0 Å². The van der Waals surface area contributed by atoms with Crippen molar-refractivity contribution in [1.29, 1.82) is 0 Å². The number of carbonyl (C=O) groups excluding carboxylic acids is 2. The largest absolute Gasteiger partial charge is 1.00 e. The van der Waals surface area contributed by atoms with Gasteiger partial charge in [0.25, 0.3) is 0 Å². The molecular formula is C19H36IN3O3SSi2. The zero-order valence-corrected chi connectivity index (χ0v) is 23.8. The Morgan fingerprint density at radius 3 is 2.31 bits per heavy atom. The predicted octanol–water partition coefficient (Wildman–Crippen LogP) is -0.429. The minimum Gasteiger partial charge on any atom is -1.00 e. The van der Waals surface area contributed by atoms with Crippen molar-refractivity contribution in [3.05, 3.63) is 11.3 Å². The van der Waals surface area contributed by atoms with Crippen molar-refractivity contribution in [1.82, 2.24) is 9.88 Å². The van der Waals surface area contributed by atoms with E-state index in [-0.39, 0.29) is 47.3 Å². The number of nitrogens with one attached hydrogen (secondary N) is 1. The fraction of sp³-hybridized carbons (Fsp3) is 0.789. The number of hydrogen-bond donors (Lipinski definition) is 1. The molecule has 10 heteroatoms. The Morgan fingerprint density at radius 1 is 1.21 bits per heavy atom. The number of amides is 1. The molecule has 1 N–H and O–H groups in total. The molecule has 0 aliphatic carbocycles. The van der Waals surface area contributed by atoms with Gasteiger partial charge in [0.1, 0.15) is 31.9 Å². The number of nitrogens with zero attached hydrogens (tertiary/aromatic N) is 2. The van der Waals surface area contributed by atoms with E-state index >= 15 is 0 Å². The first-order valence-corrected chi connectivity index (χ1v) is 18.3. The maximum Gasteiger partial charge on any atom is 0.341 e. The van der Waals surface area contributed by atoms with Crippen LogP contribution in [0.15, 0.2) is 11.3 Å². The van der Waals surface area contributed by atoms with Crippen LogP contribution in [0.2, 0.25) is 39.3 Å². The molecule has 0 aromatic rings. The molecule has 166 valence electrons. The molecule has 3 rings (SSSR count). The van der Waals surface area contributed by atoms with E-state index in [1.54, 1.807) is 16.7 Å².